The highest BCUT2D eigenvalue weighted by Crippen LogP contribution is 2.37. The number of anilines is 2. The van der Waals surface area contributed by atoms with Crippen LogP contribution in [0.25, 0.3) is 0 Å². The first-order valence-corrected chi connectivity index (χ1v) is 13.3. The SMILES string of the molecule is CC(C)(C)OC(=O)C(COc1ccc(Nc2ccncc2)nc1)O[Si](C)(C)C(C)(C)C. The zero-order chi connectivity index (χ0) is 23.3. The smallest absolute Gasteiger partial charge is 0.338 e. The predicted octanol–water partition coefficient (Wildman–Crippen LogP) is 5.33. The molecule has 0 aliphatic heterocycles. The van der Waals surface area contributed by atoms with Crippen molar-refractivity contribution in [2.75, 3.05) is 11.9 Å². The van der Waals surface area contributed by atoms with E-state index >= 15 is 0 Å². The van der Waals surface area contributed by atoms with Gasteiger partial charge in [0.1, 0.15) is 23.8 Å². The van der Waals surface area contributed by atoms with Gasteiger partial charge in [0.25, 0.3) is 0 Å². The number of nitrogens with one attached hydrogen (secondary N) is 1. The van der Waals surface area contributed by atoms with Gasteiger partial charge in [0.2, 0.25) is 0 Å². The molecule has 0 spiro atoms. The van der Waals surface area contributed by atoms with Crippen LogP contribution in [-0.2, 0) is 14.0 Å². The van der Waals surface area contributed by atoms with Crippen molar-refractivity contribution >= 4 is 25.8 Å². The Morgan fingerprint density at radius 1 is 1.06 bits per heavy atom. The maximum Gasteiger partial charge on any atom is 0.338 e. The van der Waals surface area contributed by atoms with Crippen molar-refractivity contribution in [3.8, 4) is 5.75 Å². The number of rotatable bonds is 8. The lowest BCUT2D eigenvalue weighted by Crippen LogP contribution is -2.49. The number of carbonyl (C=O) groups is 1. The van der Waals surface area contributed by atoms with Crippen LogP contribution in [0.3, 0.4) is 0 Å². The number of nitrogens with zero attached hydrogens (tertiary/aromatic N) is 2. The summed E-state index contributed by atoms with van der Waals surface area (Å²) in [7, 11) is -2.21. The van der Waals surface area contributed by atoms with E-state index in [2.05, 4.69) is 49.1 Å². The molecule has 1 atom stereocenters. The Morgan fingerprint density at radius 2 is 1.71 bits per heavy atom. The second-order valence-corrected chi connectivity index (χ2v) is 14.7. The van der Waals surface area contributed by atoms with Crippen molar-refractivity contribution in [2.24, 2.45) is 0 Å². The molecule has 1 N–H and O–H groups in total. The summed E-state index contributed by atoms with van der Waals surface area (Å²) in [6.45, 7) is 16.2. The van der Waals surface area contributed by atoms with Crippen LogP contribution in [0.1, 0.15) is 41.5 Å². The van der Waals surface area contributed by atoms with Crippen molar-refractivity contribution < 1.29 is 18.7 Å². The molecule has 0 amide bonds. The summed E-state index contributed by atoms with van der Waals surface area (Å²) in [6.07, 6.45) is 4.22. The largest absolute Gasteiger partial charge is 0.489 e. The summed E-state index contributed by atoms with van der Waals surface area (Å²) in [5, 5.41) is 3.14. The summed E-state index contributed by atoms with van der Waals surface area (Å²) >= 11 is 0. The third-order valence-electron chi connectivity index (χ3n) is 5.00. The van der Waals surface area contributed by atoms with Gasteiger partial charge in [0.05, 0.1) is 6.20 Å². The molecule has 1 unspecified atom stereocenters. The number of hydrogen-bond acceptors (Lipinski definition) is 7. The maximum absolute atomic E-state index is 12.8. The fourth-order valence-electron chi connectivity index (χ4n) is 2.34. The summed E-state index contributed by atoms with van der Waals surface area (Å²) in [5.41, 5.74) is 0.289. The maximum atomic E-state index is 12.8. The molecular formula is C23H35N3O4Si. The molecule has 2 rings (SSSR count). The molecule has 0 saturated heterocycles. The van der Waals surface area contributed by atoms with Crippen molar-refractivity contribution in [2.45, 2.75) is 71.4 Å². The Labute approximate surface area is 186 Å². The molecule has 7 nitrogen and oxygen atoms in total. The summed E-state index contributed by atoms with van der Waals surface area (Å²) in [4.78, 5) is 21.2. The van der Waals surface area contributed by atoms with Gasteiger partial charge in [0.15, 0.2) is 14.4 Å². The quantitative estimate of drug-likeness (QED) is 0.434. The highest BCUT2D eigenvalue weighted by Gasteiger charge is 2.42. The number of hydrogen-bond donors (Lipinski definition) is 1. The van der Waals surface area contributed by atoms with Gasteiger partial charge in [-0.15, -0.1) is 0 Å². The Kier molecular flexibility index (Phi) is 7.83. The predicted molar refractivity (Wildman–Crippen MR) is 125 cm³/mol. The first-order valence-electron chi connectivity index (χ1n) is 10.4. The van der Waals surface area contributed by atoms with E-state index in [-0.39, 0.29) is 11.6 Å². The molecule has 0 radical (unpaired) electrons. The third-order valence-corrected chi connectivity index (χ3v) is 9.49. The average Bonchev–Trinajstić information content (AvgIpc) is 2.64. The van der Waals surface area contributed by atoms with Crippen molar-refractivity contribution in [1.82, 2.24) is 9.97 Å². The zero-order valence-electron chi connectivity index (χ0n) is 19.9. The van der Waals surface area contributed by atoms with Crippen molar-refractivity contribution in [1.29, 1.82) is 0 Å². The molecular weight excluding hydrogens is 410 g/mol. The normalized spacial score (nSPS) is 13.4. The Morgan fingerprint density at radius 3 is 2.23 bits per heavy atom. The highest BCUT2D eigenvalue weighted by atomic mass is 28.4. The molecule has 0 saturated carbocycles. The Hall–Kier alpha value is -2.45. The number of aromatic nitrogens is 2. The Balaban J connectivity index is 2.07. The lowest BCUT2D eigenvalue weighted by Gasteiger charge is -2.38. The minimum absolute atomic E-state index is 0.0465. The van der Waals surface area contributed by atoms with Crippen LogP contribution in [0.2, 0.25) is 18.1 Å². The van der Waals surface area contributed by atoms with Gasteiger partial charge >= 0.3 is 5.97 Å². The molecule has 2 heterocycles. The van der Waals surface area contributed by atoms with Crippen LogP contribution in [0.5, 0.6) is 5.75 Å². The number of esters is 1. The first kappa shape index (κ1) is 24.8. The summed E-state index contributed by atoms with van der Waals surface area (Å²) in [6, 6.07) is 7.33. The molecule has 0 fully saturated rings. The lowest BCUT2D eigenvalue weighted by atomic mass is 10.2. The minimum Gasteiger partial charge on any atom is -0.489 e. The molecule has 2 aromatic heterocycles. The van der Waals surface area contributed by atoms with Crippen LogP contribution in [0.4, 0.5) is 11.5 Å². The molecule has 31 heavy (non-hydrogen) atoms. The number of pyridine rings is 2. The van der Waals surface area contributed by atoms with E-state index in [0.717, 1.165) is 5.69 Å². The third kappa shape index (κ3) is 7.95. The van der Waals surface area contributed by atoms with Gasteiger partial charge in [-0.05, 0) is 63.2 Å². The van der Waals surface area contributed by atoms with E-state index in [1.807, 2.05) is 39.0 Å². The second kappa shape index (κ2) is 9.78. The molecule has 0 bridgehead atoms. The van der Waals surface area contributed by atoms with E-state index in [1.165, 1.54) is 0 Å². The van der Waals surface area contributed by atoms with Crippen LogP contribution in [0.15, 0.2) is 42.9 Å². The standard InChI is InChI=1S/C23H35N3O4Si/c1-22(2,3)29-21(27)19(30-31(7,8)23(4,5)6)16-28-18-9-10-20(25-15-18)26-17-11-13-24-14-12-17/h9-15,19H,16H2,1-8H3,(H,24,25,26). The van der Waals surface area contributed by atoms with Gasteiger partial charge in [-0.2, -0.15) is 0 Å². The van der Waals surface area contributed by atoms with Crippen LogP contribution in [-0.4, -0.2) is 42.6 Å². The van der Waals surface area contributed by atoms with Gasteiger partial charge in [-0.25, -0.2) is 9.78 Å². The van der Waals surface area contributed by atoms with E-state index in [4.69, 9.17) is 13.9 Å². The van der Waals surface area contributed by atoms with Gasteiger partial charge in [0, 0.05) is 18.1 Å². The summed E-state index contributed by atoms with van der Waals surface area (Å²) in [5.74, 6) is 0.814. The van der Waals surface area contributed by atoms with Crippen LogP contribution in [0, 0.1) is 0 Å². The van der Waals surface area contributed by atoms with Gasteiger partial charge in [-0.1, -0.05) is 20.8 Å². The zero-order valence-corrected chi connectivity index (χ0v) is 20.9. The Bertz CT molecular complexity index is 844. The lowest BCUT2D eigenvalue weighted by molar-refractivity contribution is -0.165. The van der Waals surface area contributed by atoms with Crippen LogP contribution >= 0.6 is 0 Å². The molecule has 8 heteroatoms. The molecule has 0 aliphatic rings. The molecule has 170 valence electrons. The second-order valence-electron chi connectivity index (χ2n) is 9.95. The fourth-order valence-corrected chi connectivity index (χ4v) is 3.57. The van der Waals surface area contributed by atoms with Gasteiger partial charge < -0.3 is 19.2 Å². The number of carbonyl (C=O) groups excluding carboxylic acids is 1. The molecule has 2 aromatic rings. The fraction of sp³-hybridized carbons (Fsp3) is 0.522. The monoisotopic (exact) mass is 445 g/mol. The minimum atomic E-state index is -2.21. The molecule has 0 aromatic carbocycles. The van der Waals surface area contributed by atoms with E-state index < -0.39 is 26.0 Å². The topological polar surface area (TPSA) is 82.6 Å². The van der Waals surface area contributed by atoms with Crippen molar-refractivity contribution in [3.63, 3.8) is 0 Å². The van der Waals surface area contributed by atoms with Gasteiger partial charge in [-0.3, -0.25) is 4.98 Å². The van der Waals surface area contributed by atoms with E-state index in [9.17, 15) is 4.79 Å². The van der Waals surface area contributed by atoms with E-state index in [1.54, 1.807) is 24.7 Å². The molecule has 0 aliphatic carbocycles. The summed E-state index contributed by atoms with van der Waals surface area (Å²) < 4.78 is 17.8. The first-order chi connectivity index (χ1) is 14.3. The highest BCUT2D eigenvalue weighted by molar-refractivity contribution is 6.74. The number of ether oxygens (including phenoxy) is 2. The average molecular weight is 446 g/mol. The van der Waals surface area contributed by atoms with Crippen LogP contribution < -0.4 is 10.1 Å². The van der Waals surface area contributed by atoms with E-state index in [0.29, 0.717) is 11.6 Å². The van der Waals surface area contributed by atoms with Crippen molar-refractivity contribution in [3.05, 3.63) is 42.9 Å².